The maximum atomic E-state index is 5.17. The Balaban J connectivity index is 0. The zero-order valence-electron chi connectivity index (χ0n) is 7.18. The highest BCUT2D eigenvalue weighted by Crippen LogP contribution is 1.98. The average molecular weight is 226 g/mol. The van der Waals surface area contributed by atoms with Crippen molar-refractivity contribution in [1.82, 2.24) is 0 Å². The number of quaternary nitrogens is 1. The Bertz CT molecular complexity index is 195. The molecule has 0 saturated carbocycles. The van der Waals surface area contributed by atoms with Gasteiger partial charge in [-0.2, -0.15) is 0 Å². The molecule has 0 spiro atoms. The van der Waals surface area contributed by atoms with Crippen molar-refractivity contribution in [3.8, 4) is 37.0 Å². The first-order valence-electron chi connectivity index (χ1n) is 3.32. The predicted molar refractivity (Wildman–Crippen MR) is 47.3 cm³/mol. The second kappa shape index (κ2) is 6.81. The second-order valence-corrected chi connectivity index (χ2v) is 2.71. The van der Waals surface area contributed by atoms with E-state index in [0.29, 0.717) is 24.1 Å². The Hall–Kier alpha value is -0.880. The molecule has 0 aromatic heterocycles. The molecule has 0 saturated heterocycles. The lowest BCUT2D eigenvalue weighted by Crippen LogP contribution is -3.00. The zero-order valence-corrected chi connectivity index (χ0v) is 8.76. The molecule has 0 fully saturated rings. The minimum atomic E-state index is 0. The van der Waals surface area contributed by atoms with Gasteiger partial charge < -0.3 is 17.0 Å². The van der Waals surface area contributed by atoms with Crippen LogP contribution in [0.15, 0.2) is 0 Å². The van der Waals surface area contributed by atoms with Crippen LogP contribution < -0.4 is 17.0 Å². The van der Waals surface area contributed by atoms with Gasteiger partial charge in [-0.25, -0.2) is 0 Å². The van der Waals surface area contributed by atoms with Crippen molar-refractivity contribution in [3.05, 3.63) is 0 Å². The normalized spacial score (nSPS) is 8.50. The van der Waals surface area contributed by atoms with Gasteiger partial charge in [-0.05, 0) is 17.8 Å². The topological polar surface area (TPSA) is 0 Å². The van der Waals surface area contributed by atoms with Crippen LogP contribution in [0.25, 0.3) is 0 Å². The van der Waals surface area contributed by atoms with Crippen molar-refractivity contribution in [1.29, 1.82) is 0 Å². The summed E-state index contributed by atoms with van der Waals surface area (Å²) in [7, 11) is 1.96. The summed E-state index contributed by atoms with van der Waals surface area (Å²) < 4.78 is 0.573. The van der Waals surface area contributed by atoms with Gasteiger partial charge in [-0.3, -0.25) is 4.48 Å². The van der Waals surface area contributed by atoms with Gasteiger partial charge in [0.15, 0.2) is 0 Å². The van der Waals surface area contributed by atoms with Crippen LogP contribution in [0.4, 0.5) is 0 Å². The van der Waals surface area contributed by atoms with Gasteiger partial charge >= 0.3 is 0 Å². The summed E-state index contributed by atoms with van der Waals surface area (Å²) in [5.74, 6) is 7.68. The van der Waals surface area contributed by atoms with Gasteiger partial charge in [-0.1, -0.05) is 0 Å². The highest BCUT2D eigenvalue weighted by Gasteiger charge is 2.16. The molecule has 0 unspecified atom stereocenters. The number of rotatable bonds is 3. The molecule has 0 heterocycles. The number of hydrogen-bond acceptors (Lipinski definition) is 0. The molecule has 0 rings (SSSR count). The second-order valence-electron chi connectivity index (χ2n) is 2.71. The molecule has 0 aromatic rings. The van der Waals surface area contributed by atoms with Crippen LogP contribution in [0.5, 0.6) is 0 Å². The van der Waals surface area contributed by atoms with Crippen LogP contribution in [0, 0.1) is 37.0 Å². The maximum Gasteiger partial charge on any atom is 0.141 e. The van der Waals surface area contributed by atoms with Gasteiger partial charge in [0.25, 0.3) is 0 Å². The first-order chi connectivity index (χ1) is 5.18. The summed E-state index contributed by atoms with van der Waals surface area (Å²) in [6, 6.07) is 0. The van der Waals surface area contributed by atoms with Gasteiger partial charge in [0.2, 0.25) is 0 Å². The summed E-state index contributed by atoms with van der Waals surface area (Å²) in [5.41, 5.74) is 0. The van der Waals surface area contributed by atoms with Crippen LogP contribution >= 0.6 is 0 Å². The van der Waals surface area contributed by atoms with Crippen molar-refractivity contribution in [2.75, 3.05) is 26.7 Å². The number of halogens is 1. The Labute approximate surface area is 85.5 Å². The molecule has 12 heavy (non-hydrogen) atoms. The third-order valence-electron chi connectivity index (χ3n) is 1.42. The van der Waals surface area contributed by atoms with Crippen molar-refractivity contribution < 1.29 is 21.5 Å². The molecule has 0 aliphatic heterocycles. The van der Waals surface area contributed by atoms with Crippen molar-refractivity contribution in [3.63, 3.8) is 0 Å². The SMILES string of the molecule is C#CC[N+](C)(CC#C)CC#C.[Br-]. The van der Waals surface area contributed by atoms with E-state index in [2.05, 4.69) is 17.8 Å². The highest BCUT2D eigenvalue weighted by molar-refractivity contribution is 4.92. The van der Waals surface area contributed by atoms with E-state index in [0.717, 1.165) is 0 Å². The van der Waals surface area contributed by atoms with Crippen LogP contribution in [-0.2, 0) is 0 Å². The minimum Gasteiger partial charge on any atom is -1.00 e. The Morgan fingerprint density at radius 2 is 1.17 bits per heavy atom. The lowest BCUT2D eigenvalue weighted by molar-refractivity contribution is -0.888. The zero-order chi connectivity index (χ0) is 8.74. The summed E-state index contributed by atoms with van der Waals surface area (Å²) in [4.78, 5) is 0. The lowest BCUT2D eigenvalue weighted by atomic mass is 10.3. The number of hydrogen-bond donors (Lipinski definition) is 0. The Kier molecular flexibility index (Phi) is 7.77. The van der Waals surface area contributed by atoms with E-state index >= 15 is 0 Å². The monoisotopic (exact) mass is 225 g/mol. The Morgan fingerprint density at radius 1 is 0.917 bits per heavy atom. The first kappa shape index (κ1) is 13.7. The summed E-state index contributed by atoms with van der Waals surface area (Å²) in [6.45, 7) is 1.78. The fourth-order valence-electron chi connectivity index (χ4n) is 0.829. The summed E-state index contributed by atoms with van der Waals surface area (Å²) in [5, 5.41) is 0. The number of terminal acetylenes is 3. The average Bonchev–Trinajstić information content (AvgIpc) is 1.88. The first-order valence-corrected chi connectivity index (χ1v) is 3.32. The largest absolute Gasteiger partial charge is 1.00 e. The fourth-order valence-corrected chi connectivity index (χ4v) is 0.829. The molecule has 0 N–H and O–H groups in total. The van der Waals surface area contributed by atoms with Crippen LogP contribution in [0.3, 0.4) is 0 Å². The van der Waals surface area contributed by atoms with E-state index in [1.54, 1.807) is 0 Å². The van der Waals surface area contributed by atoms with Gasteiger partial charge in [0.05, 0.1) is 7.05 Å². The smallest absolute Gasteiger partial charge is 0.141 e. The predicted octanol–water partition coefficient (Wildman–Crippen LogP) is -2.66. The standard InChI is InChI=1S/C10H12N.BrH/c1-5-8-11(4,9-6-2)10-7-3;/h1-3H,8-10H2,4H3;1H/q+1;/p-1. The van der Waals surface area contributed by atoms with Crippen molar-refractivity contribution in [2.24, 2.45) is 0 Å². The van der Waals surface area contributed by atoms with E-state index in [1.165, 1.54) is 0 Å². The quantitative estimate of drug-likeness (QED) is 0.364. The lowest BCUT2D eigenvalue weighted by Gasteiger charge is -2.27. The van der Waals surface area contributed by atoms with Gasteiger partial charge in [0, 0.05) is 0 Å². The highest BCUT2D eigenvalue weighted by atomic mass is 79.9. The number of nitrogens with zero attached hydrogens (tertiary/aromatic N) is 1. The van der Waals surface area contributed by atoms with E-state index in [1.807, 2.05) is 7.05 Å². The molecular formula is C10H12BrN. The van der Waals surface area contributed by atoms with Crippen molar-refractivity contribution in [2.45, 2.75) is 0 Å². The van der Waals surface area contributed by atoms with Crippen molar-refractivity contribution >= 4 is 0 Å². The molecule has 0 aliphatic carbocycles. The van der Waals surface area contributed by atoms with E-state index in [9.17, 15) is 0 Å². The molecule has 0 aliphatic rings. The molecule has 0 aromatic carbocycles. The fraction of sp³-hybridized carbons (Fsp3) is 0.400. The molecule has 0 amide bonds. The molecule has 2 heteroatoms. The van der Waals surface area contributed by atoms with Crippen LogP contribution in [0.1, 0.15) is 0 Å². The van der Waals surface area contributed by atoms with Gasteiger partial charge in [0.1, 0.15) is 19.6 Å². The molecule has 0 bridgehead atoms. The Morgan fingerprint density at radius 3 is 1.33 bits per heavy atom. The van der Waals surface area contributed by atoms with Gasteiger partial charge in [-0.15, -0.1) is 19.3 Å². The molecule has 1 nitrogen and oxygen atoms in total. The summed E-state index contributed by atoms with van der Waals surface area (Å²) in [6.07, 6.45) is 15.5. The van der Waals surface area contributed by atoms with E-state index < -0.39 is 0 Å². The van der Waals surface area contributed by atoms with Crippen LogP contribution in [0.2, 0.25) is 0 Å². The molecular weight excluding hydrogens is 214 g/mol. The van der Waals surface area contributed by atoms with E-state index in [4.69, 9.17) is 19.3 Å². The summed E-state index contributed by atoms with van der Waals surface area (Å²) >= 11 is 0. The molecule has 64 valence electrons. The molecule has 0 atom stereocenters. The van der Waals surface area contributed by atoms with Crippen LogP contribution in [-0.4, -0.2) is 31.2 Å². The maximum absolute atomic E-state index is 5.17. The third kappa shape index (κ3) is 4.86. The minimum absolute atomic E-state index is 0. The van der Waals surface area contributed by atoms with E-state index in [-0.39, 0.29) is 17.0 Å². The third-order valence-corrected chi connectivity index (χ3v) is 1.42. The molecule has 0 radical (unpaired) electrons.